The molecule has 2 aliphatic carbocycles. The maximum absolute atomic E-state index is 6.03. The standard InChI is InChI=1S/C9H17N.ClH/c1-8(10)2-4-9(5-3-8)6-7-9;/h2-7,10H2,1H3;1H. The lowest BCUT2D eigenvalue weighted by Crippen LogP contribution is -2.40. The SMILES string of the molecule is CC1(N)CCC2(CC1)CC2.Cl. The van der Waals surface area contributed by atoms with Crippen molar-refractivity contribution in [2.75, 3.05) is 0 Å². The van der Waals surface area contributed by atoms with Crippen LogP contribution in [-0.2, 0) is 0 Å². The molecular weight excluding hydrogens is 158 g/mol. The molecule has 2 heteroatoms. The van der Waals surface area contributed by atoms with E-state index >= 15 is 0 Å². The molecule has 0 aliphatic heterocycles. The zero-order valence-corrected chi connectivity index (χ0v) is 8.04. The molecule has 11 heavy (non-hydrogen) atoms. The molecule has 0 saturated heterocycles. The van der Waals surface area contributed by atoms with E-state index < -0.39 is 0 Å². The van der Waals surface area contributed by atoms with Gasteiger partial charge in [0.25, 0.3) is 0 Å². The highest BCUT2D eigenvalue weighted by atomic mass is 35.5. The molecule has 1 spiro atoms. The first-order chi connectivity index (χ1) is 4.62. The third-order valence-corrected chi connectivity index (χ3v) is 3.41. The highest BCUT2D eigenvalue weighted by Gasteiger charge is 2.46. The van der Waals surface area contributed by atoms with Gasteiger partial charge in [0.05, 0.1) is 0 Å². The second-order valence-corrected chi connectivity index (χ2v) is 4.65. The molecule has 0 aromatic heterocycles. The van der Waals surface area contributed by atoms with Crippen LogP contribution in [0.2, 0.25) is 0 Å². The Morgan fingerprint density at radius 2 is 1.27 bits per heavy atom. The predicted molar refractivity (Wildman–Crippen MR) is 50.0 cm³/mol. The Hall–Kier alpha value is 0.250. The van der Waals surface area contributed by atoms with Gasteiger partial charge in [-0.3, -0.25) is 0 Å². The highest BCUT2D eigenvalue weighted by Crippen LogP contribution is 2.57. The summed E-state index contributed by atoms with van der Waals surface area (Å²) in [6.07, 6.45) is 8.30. The minimum absolute atomic E-state index is 0. The van der Waals surface area contributed by atoms with E-state index in [2.05, 4.69) is 6.92 Å². The predicted octanol–water partition coefficient (Wildman–Crippen LogP) is 2.48. The lowest BCUT2D eigenvalue weighted by Gasteiger charge is -2.34. The van der Waals surface area contributed by atoms with Gasteiger partial charge in [-0.25, -0.2) is 0 Å². The first-order valence-electron chi connectivity index (χ1n) is 4.41. The second-order valence-electron chi connectivity index (χ2n) is 4.65. The van der Waals surface area contributed by atoms with Crippen molar-refractivity contribution in [2.24, 2.45) is 11.1 Å². The molecule has 0 aromatic rings. The van der Waals surface area contributed by atoms with Gasteiger partial charge in [0.1, 0.15) is 0 Å². The summed E-state index contributed by atoms with van der Waals surface area (Å²) in [5, 5.41) is 0. The van der Waals surface area contributed by atoms with Gasteiger partial charge < -0.3 is 5.73 Å². The third-order valence-electron chi connectivity index (χ3n) is 3.41. The summed E-state index contributed by atoms with van der Waals surface area (Å²) in [5.74, 6) is 0. The average molecular weight is 176 g/mol. The van der Waals surface area contributed by atoms with Crippen molar-refractivity contribution >= 4 is 12.4 Å². The van der Waals surface area contributed by atoms with Crippen molar-refractivity contribution in [2.45, 2.75) is 51.0 Å². The molecule has 0 aromatic carbocycles. The van der Waals surface area contributed by atoms with Crippen LogP contribution in [0.3, 0.4) is 0 Å². The Balaban J connectivity index is 0.000000605. The van der Waals surface area contributed by atoms with Gasteiger partial charge >= 0.3 is 0 Å². The van der Waals surface area contributed by atoms with Crippen LogP contribution >= 0.6 is 12.4 Å². The van der Waals surface area contributed by atoms with E-state index in [1.165, 1.54) is 38.5 Å². The van der Waals surface area contributed by atoms with Gasteiger partial charge in [-0.1, -0.05) is 0 Å². The molecular formula is C9H18ClN. The van der Waals surface area contributed by atoms with E-state index in [0.29, 0.717) is 0 Å². The van der Waals surface area contributed by atoms with Gasteiger partial charge in [0.2, 0.25) is 0 Å². The first-order valence-corrected chi connectivity index (χ1v) is 4.41. The number of nitrogens with two attached hydrogens (primary N) is 1. The monoisotopic (exact) mass is 175 g/mol. The van der Waals surface area contributed by atoms with E-state index in [9.17, 15) is 0 Å². The first kappa shape index (κ1) is 9.34. The quantitative estimate of drug-likeness (QED) is 0.602. The summed E-state index contributed by atoms with van der Waals surface area (Å²) in [6.45, 7) is 2.20. The summed E-state index contributed by atoms with van der Waals surface area (Å²) in [4.78, 5) is 0. The van der Waals surface area contributed by atoms with Crippen molar-refractivity contribution in [1.29, 1.82) is 0 Å². The molecule has 2 N–H and O–H groups in total. The summed E-state index contributed by atoms with van der Waals surface area (Å²) >= 11 is 0. The molecule has 66 valence electrons. The zero-order chi connectivity index (χ0) is 7.24. The summed E-state index contributed by atoms with van der Waals surface area (Å²) in [7, 11) is 0. The molecule has 2 saturated carbocycles. The van der Waals surface area contributed by atoms with Crippen LogP contribution in [0.15, 0.2) is 0 Å². The second kappa shape index (κ2) is 2.63. The molecule has 0 unspecified atom stereocenters. The van der Waals surface area contributed by atoms with Crippen molar-refractivity contribution in [3.05, 3.63) is 0 Å². The van der Waals surface area contributed by atoms with Gasteiger partial charge in [-0.2, -0.15) is 0 Å². The van der Waals surface area contributed by atoms with Crippen LogP contribution in [0, 0.1) is 5.41 Å². The van der Waals surface area contributed by atoms with Crippen molar-refractivity contribution < 1.29 is 0 Å². The molecule has 2 rings (SSSR count). The smallest absolute Gasteiger partial charge is 0.0126 e. The number of rotatable bonds is 0. The van der Waals surface area contributed by atoms with E-state index in [4.69, 9.17) is 5.73 Å². The highest BCUT2D eigenvalue weighted by molar-refractivity contribution is 5.85. The van der Waals surface area contributed by atoms with Crippen LogP contribution < -0.4 is 5.73 Å². The van der Waals surface area contributed by atoms with Crippen LogP contribution in [0.5, 0.6) is 0 Å². The molecule has 2 aliphatic rings. The van der Waals surface area contributed by atoms with E-state index in [0.717, 1.165) is 5.41 Å². The Morgan fingerprint density at radius 3 is 1.64 bits per heavy atom. The van der Waals surface area contributed by atoms with Crippen LogP contribution in [0.4, 0.5) is 0 Å². The number of hydrogen-bond donors (Lipinski definition) is 1. The fourth-order valence-corrected chi connectivity index (χ4v) is 2.03. The zero-order valence-electron chi connectivity index (χ0n) is 7.23. The summed E-state index contributed by atoms with van der Waals surface area (Å²) in [6, 6.07) is 0. The Labute approximate surface area is 75.1 Å². The maximum Gasteiger partial charge on any atom is 0.0126 e. The number of halogens is 1. The molecule has 0 heterocycles. The van der Waals surface area contributed by atoms with Gasteiger partial charge in [-0.05, 0) is 50.9 Å². The van der Waals surface area contributed by atoms with Crippen molar-refractivity contribution in [3.63, 3.8) is 0 Å². The molecule has 1 nitrogen and oxygen atoms in total. The fourth-order valence-electron chi connectivity index (χ4n) is 2.03. The molecule has 0 radical (unpaired) electrons. The number of hydrogen-bond acceptors (Lipinski definition) is 1. The minimum atomic E-state index is 0. The lowest BCUT2D eigenvalue weighted by atomic mass is 9.76. The van der Waals surface area contributed by atoms with Gasteiger partial charge in [0.15, 0.2) is 0 Å². The third kappa shape index (κ3) is 1.88. The molecule has 0 amide bonds. The van der Waals surface area contributed by atoms with Crippen molar-refractivity contribution in [3.8, 4) is 0 Å². The van der Waals surface area contributed by atoms with Crippen LogP contribution in [0.25, 0.3) is 0 Å². The fraction of sp³-hybridized carbons (Fsp3) is 1.00. The lowest BCUT2D eigenvalue weighted by molar-refractivity contribution is 0.235. The summed E-state index contributed by atoms with van der Waals surface area (Å²) in [5.41, 5.74) is 7.01. The Morgan fingerprint density at radius 1 is 0.909 bits per heavy atom. The minimum Gasteiger partial charge on any atom is -0.325 e. The molecule has 2 fully saturated rings. The van der Waals surface area contributed by atoms with Crippen LogP contribution in [-0.4, -0.2) is 5.54 Å². The Kier molecular flexibility index (Phi) is 2.24. The van der Waals surface area contributed by atoms with Gasteiger partial charge in [0, 0.05) is 5.54 Å². The van der Waals surface area contributed by atoms with E-state index in [1.54, 1.807) is 0 Å². The topological polar surface area (TPSA) is 26.0 Å². The maximum atomic E-state index is 6.03. The largest absolute Gasteiger partial charge is 0.325 e. The molecule has 0 atom stereocenters. The van der Waals surface area contributed by atoms with Gasteiger partial charge in [-0.15, -0.1) is 12.4 Å². The van der Waals surface area contributed by atoms with Crippen LogP contribution in [0.1, 0.15) is 45.4 Å². The van der Waals surface area contributed by atoms with Crippen molar-refractivity contribution in [1.82, 2.24) is 0 Å². The average Bonchev–Trinajstić information content (AvgIpc) is 2.60. The Bertz CT molecular complexity index is 132. The van der Waals surface area contributed by atoms with E-state index in [-0.39, 0.29) is 17.9 Å². The summed E-state index contributed by atoms with van der Waals surface area (Å²) < 4.78 is 0. The normalized spacial score (nSPS) is 31.1. The van der Waals surface area contributed by atoms with E-state index in [1.807, 2.05) is 0 Å². The molecule has 0 bridgehead atoms.